The number of likely N-dealkylation sites (tertiary alicyclic amines) is 2. The van der Waals surface area contributed by atoms with E-state index in [1.54, 1.807) is 4.90 Å². The van der Waals surface area contributed by atoms with Crippen molar-refractivity contribution in [2.75, 3.05) is 77.0 Å². The Morgan fingerprint density at radius 2 is 1.57 bits per heavy atom. The molecule has 0 radical (unpaired) electrons. The summed E-state index contributed by atoms with van der Waals surface area (Å²) in [6.45, 7) is 5.93. The number of likely N-dealkylation sites (N-methyl/N-ethyl adjacent to an activating group) is 1. The van der Waals surface area contributed by atoms with Gasteiger partial charge in [0.1, 0.15) is 0 Å². The number of alkyl halides is 3. The summed E-state index contributed by atoms with van der Waals surface area (Å²) in [6, 6.07) is 9.91. The number of nitrogens with one attached hydrogen (secondary N) is 1. The molecule has 4 aliphatic rings. The molecule has 0 saturated carbocycles. The van der Waals surface area contributed by atoms with Crippen molar-refractivity contribution in [3.05, 3.63) is 58.1 Å². The quantitative estimate of drug-likeness (QED) is 0.390. The number of urea groups is 1. The molecule has 1 atom stereocenters. The first kappa shape index (κ1) is 38.8. The van der Waals surface area contributed by atoms with Crippen LogP contribution in [0.1, 0.15) is 42.4 Å². The fourth-order valence-electron chi connectivity index (χ4n) is 7.56. The Morgan fingerprint density at radius 1 is 0.941 bits per heavy atom. The molecule has 0 unspecified atom stereocenters. The third-order valence-corrected chi connectivity index (χ3v) is 10.9. The molecular weight excluding hydrogens is 710 g/mol. The maximum atomic E-state index is 14.0. The Hall–Kier alpha value is -3.46. The number of nitrogen functional groups attached to an aromatic ring is 1. The Morgan fingerprint density at radius 3 is 2.24 bits per heavy atom. The first-order valence-corrected chi connectivity index (χ1v) is 17.7. The molecule has 0 spiro atoms. The predicted octanol–water partition coefficient (Wildman–Crippen LogP) is 5.20. The lowest BCUT2D eigenvalue weighted by Crippen LogP contribution is -2.54. The fourth-order valence-corrected chi connectivity index (χ4v) is 7.80. The molecule has 2 aromatic carbocycles. The smallest absolute Gasteiger partial charge is 0.418 e. The van der Waals surface area contributed by atoms with E-state index in [-0.39, 0.29) is 41.5 Å². The number of piperazine rings is 1. The van der Waals surface area contributed by atoms with Gasteiger partial charge in [-0.25, -0.2) is 9.59 Å². The van der Waals surface area contributed by atoms with Gasteiger partial charge in [0.2, 0.25) is 0 Å². The predicted molar refractivity (Wildman–Crippen MR) is 191 cm³/mol. The maximum Gasteiger partial charge on any atom is 0.418 e. The van der Waals surface area contributed by atoms with Crippen LogP contribution in [0.15, 0.2) is 36.4 Å². The minimum atomic E-state index is -4.76. The van der Waals surface area contributed by atoms with Crippen LogP contribution in [0.4, 0.5) is 34.1 Å². The number of anilines is 2. The van der Waals surface area contributed by atoms with E-state index < -0.39 is 35.5 Å². The number of hydrogen-bond donors (Lipinski definition) is 2. The SMILES string of the molecule is CN1CCN(C2CCN(C(=O)[C@@H](Cc3cc(Cl)c(N)c(C(F)(F)F)c3)OC(=O)N3CCC(N4CCc5ccccc5NC4=O)CC3)CC2)CC1.Cl. The van der Waals surface area contributed by atoms with Crippen molar-refractivity contribution in [2.24, 2.45) is 0 Å². The Labute approximate surface area is 307 Å². The molecule has 11 nitrogen and oxygen atoms in total. The molecule has 3 saturated heterocycles. The number of hydrogen-bond acceptors (Lipinski definition) is 7. The Bertz CT molecular complexity index is 1560. The number of carbonyl (C=O) groups is 3. The van der Waals surface area contributed by atoms with Crippen molar-refractivity contribution in [1.29, 1.82) is 0 Å². The highest BCUT2D eigenvalue weighted by Gasteiger charge is 2.38. The zero-order chi connectivity index (χ0) is 35.6. The lowest BCUT2D eigenvalue weighted by molar-refractivity contribution is -0.142. The van der Waals surface area contributed by atoms with E-state index in [4.69, 9.17) is 22.1 Å². The number of piperidine rings is 2. The lowest BCUT2D eigenvalue weighted by Gasteiger charge is -2.42. The number of rotatable bonds is 6. The largest absolute Gasteiger partial charge is 0.436 e. The van der Waals surface area contributed by atoms with E-state index in [0.717, 1.165) is 56.3 Å². The van der Waals surface area contributed by atoms with Crippen LogP contribution in [-0.4, -0.2) is 127 Å². The van der Waals surface area contributed by atoms with Gasteiger partial charge in [0.05, 0.1) is 16.3 Å². The van der Waals surface area contributed by atoms with Crippen LogP contribution in [0.2, 0.25) is 5.02 Å². The van der Waals surface area contributed by atoms with Crippen molar-refractivity contribution >= 4 is 53.4 Å². The van der Waals surface area contributed by atoms with Crippen LogP contribution >= 0.6 is 24.0 Å². The third kappa shape index (κ3) is 9.13. The third-order valence-electron chi connectivity index (χ3n) is 10.6. The normalized spacial score (nSPS) is 20.6. The molecule has 4 aliphatic heterocycles. The summed E-state index contributed by atoms with van der Waals surface area (Å²) in [5, 5.41) is 2.70. The molecule has 3 fully saturated rings. The average Bonchev–Trinajstić information content (AvgIpc) is 3.27. The molecule has 2 aromatic rings. The van der Waals surface area contributed by atoms with Gasteiger partial charge in [-0.05, 0) is 68.5 Å². The van der Waals surface area contributed by atoms with Crippen LogP contribution < -0.4 is 11.1 Å². The van der Waals surface area contributed by atoms with Gasteiger partial charge in [-0.1, -0.05) is 29.8 Å². The number of nitrogens with two attached hydrogens (primary N) is 1. The molecule has 0 aromatic heterocycles. The van der Waals surface area contributed by atoms with Crippen molar-refractivity contribution in [3.63, 3.8) is 0 Å². The topological polar surface area (TPSA) is 115 Å². The summed E-state index contributed by atoms with van der Waals surface area (Å²) < 4.78 is 47.3. The van der Waals surface area contributed by atoms with Crippen LogP contribution in [-0.2, 0) is 28.5 Å². The van der Waals surface area contributed by atoms with E-state index in [9.17, 15) is 27.6 Å². The first-order chi connectivity index (χ1) is 23.9. The zero-order valence-electron chi connectivity index (χ0n) is 28.7. The first-order valence-electron chi connectivity index (χ1n) is 17.3. The van der Waals surface area contributed by atoms with Gasteiger partial charge < -0.3 is 35.4 Å². The Kier molecular flexibility index (Phi) is 12.5. The molecule has 16 heteroatoms. The highest BCUT2D eigenvalue weighted by molar-refractivity contribution is 6.33. The van der Waals surface area contributed by atoms with Gasteiger partial charge in [0.15, 0.2) is 6.10 Å². The summed E-state index contributed by atoms with van der Waals surface area (Å²) in [5.41, 5.74) is 5.90. The van der Waals surface area contributed by atoms with Crippen molar-refractivity contribution in [1.82, 2.24) is 24.5 Å². The fraction of sp³-hybridized carbons (Fsp3) is 0.571. The van der Waals surface area contributed by atoms with E-state index >= 15 is 0 Å². The van der Waals surface area contributed by atoms with Gasteiger partial charge in [0, 0.05) is 83.1 Å². The number of fused-ring (bicyclic) bond motifs is 1. The monoisotopic (exact) mass is 755 g/mol. The second kappa shape index (κ2) is 16.5. The van der Waals surface area contributed by atoms with E-state index in [0.29, 0.717) is 58.0 Å². The standard InChI is InChI=1S/C35H45ClF3N7O4.ClH/c1-42-16-18-43(19-17-42)25-7-11-44(12-8-25)32(47)30(22-23-20-27(35(37,38)39)31(40)28(36)21-23)50-34(49)45-13-9-26(10-14-45)46-15-6-24-4-2-3-5-29(24)41-33(46)48;/h2-5,20-21,25-26,30H,6-19,22,40H2,1H3,(H,41,48);1H/t30-;/m1./s1. The number of para-hydroxylation sites is 1. The average molecular weight is 757 g/mol. The molecule has 0 aliphatic carbocycles. The van der Waals surface area contributed by atoms with Crippen molar-refractivity contribution in [3.8, 4) is 0 Å². The van der Waals surface area contributed by atoms with Gasteiger partial charge in [-0.3, -0.25) is 9.69 Å². The van der Waals surface area contributed by atoms with Crippen LogP contribution in [0, 0.1) is 0 Å². The Balaban J connectivity index is 0.00000504. The number of amides is 4. The van der Waals surface area contributed by atoms with E-state index in [1.807, 2.05) is 29.2 Å². The second-order valence-corrected chi connectivity index (χ2v) is 14.2. The minimum absolute atomic E-state index is 0. The van der Waals surface area contributed by atoms with Gasteiger partial charge in [0.25, 0.3) is 5.91 Å². The van der Waals surface area contributed by atoms with Crippen molar-refractivity contribution < 1.29 is 32.3 Å². The molecule has 6 rings (SSSR count). The maximum absolute atomic E-state index is 14.0. The molecule has 4 amide bonds. The summed E-state index contributed by atoms with van der Waals surface area (Å²) in [6.07, 6.45) is -3.90. The number of halogens is 5. The van der Waals surface area contributed by atoms with E-state index in [1.165, 1.54) is 11.0 Å². The summed E-state index contributed by atoms with van der Waals surface area (Å²) in [5.74, 6) is -0.452. The van der Waals surface area contributed by atoms with Crippen molar-refractivity contribution in [2.45, 2.75) is 62.9 Å². The zero-order valence-corrected chi connectivity index (χ0v) is 30.2. The molecule has 4 heterocycles. The minimum Gasteiger partial charge on any atom is -0.436 e. The molecule has 51 heavy (non-hydrogen) atoms. The highest BCUT2D eigenvalue weighted by atomic mass is 35.5. The highest BCUT2D eigenvalue weighted by Crippen LogP contribution is 2.38. The van der Waals surface area contributed by atoms with Gasteiger partial charge >= 0.3 is 18.3 Å². The molecule has 3 N–H and O–H groups in total. The molecule has 280 valence electrons. The molecular formula is C35H46Cl2F3N7O4. The number of ether oxygens (including phenoxy) is 1. The second-order valence-electron chi connectivity index (χ2n) is 13.8. The number of carbonyl (C=O) groups excluding carboxylic acids is 3. The van der Waals surface area contributed by atoms with Gasteiger partial charge in [-0.15, -0.1) is 12.4 Å². The summed E-state index contributed by atoms with van der Waals surface area (Å²) >= 11 is 6.11. The van der Waals surface area contributed by atoms with Crippen LogP contribution in [0.5, 0.6) is 0 Å². The summed E-state index contributed by atoms with van der Waals surface area (Å²) in [4.78, 5) is 50.3. The van der Waals surface area contributed by atoms with E-state index in [2.05, 4.69) is 22.2 Å². The number of benzene rings is 2. The summed E-state index contributed by atoms with van der Waals surface area (Å²) in [7, 11) is 2.10. The lowest BCUT2D eigenvalue weighted by atomic mass is 9.99. The molecule has 0 bridgehead atoms. The van der Waals surface area contributed by atoms with Crippen LogP contribution in [0.3, 0.4) is 0 Å². The number of nitrogens with zero attached hydrogens (tertiary/aromatic N) is 5. The van der Waals surface area contributed by atoms with Gasteiger partial charge in [-0.2, -0.15) is 13.2 Å². The van der Waals surface area contributed by atoms with Crippen LogP contribution in [0.25, 0.3) is 0 Å².